The van der Waals surface area contributed by atoms with E-state index in [-0.39, 0.29) is 11.4 Å². The summed E-state index contributed by atoms with van der Waals surface area (Å²) in [5.41, 5.74) is 3.98. The van der Waals surface area contributed by atoms with Crippen molar-refractivity contribution >= 4 is 21.1 Å². The van der Waals surface area contributed by atoms with Crippen molar-refractivity contribution in [1.82, 2.24) is 14.3 Å². The molecule has 28 heavy (non-hydrogen) atoms. The molecule has 6 heteroatoms. The van der Waals surface area contributed by atoms with Crippen LogP contribution in [0.4, 0.5) is 0 Å². The monoisotopic (exact) mass is 391 g/mol. The van der Waals surface area contributed by atoms with E-state index in [9.17, 15) is 8.42 Å². The summed E-state index contributed by atoms with van der Waals surface area (Å²) in [6.07, 6.45) is 0. The predicted octanol–water partition coefficient (Wildman–Crippen LogP) is 3.87. The van der Waals surface area contributed by atoms with E-state index in [2.05, 4.69) is 14.3 Å². The predicted molar refractivity (Wildman–Crippen MR) is 110 cm³/mol. The number of nitrogens with one attached hydrogen (secondary N) is 1. The number of hydrogen-bond acceptors (Lipinski definition) is 3. The molecule has 0 bridgehead atoms. The van der Waals surface area contributed by atoms with Gasteiger partial charge in [0.15, 0.2) is 0 Å². The maximum atomic E-state index is 12.5. The van der Waals surface area contributed by atoms with Crippen molar-refractivity contribution in [3.63, 3.8) is 0 Å². The van der Waals surface area contributed by atoms with Crippen LogP contribution in [0.1, 0.15) is 17.0 Å². The number of para-hydroxylation sites is 2. The second-order valence-corrected chi connectivity index (χ2v) is 8.45. The van der Waals surface area contributed by atoms with Crippen molar-refractivity contribution in [2.45, 2.75) is 24.9 Å². The number of nitrogens with zero attached hydrogens (tertiary/aromatic N) is 2. The zero-order valence-corrected chi connectivity index (χ0v) is 16.4. The van der Waals surface area contributed by atoms with Crippen LogP contribution in [0.5, 0.6) is 0 Å². The number of aromatic nitrogens is 2. The Kier molecular flexibility index (Phi) is 4.98. The Morgan fingerprint density at radius 3 is 2.29 bits per heavy atom. The van der Waals surface area contributed by atoms with Gasteiger partial charge in [0.25, 0.3) is 0 Å². The minimum Gasteiger partial charge on any atom is -0.324 e. The molecule has 1 N–H and O–H groups in total. The van der Waals surface area contributed by atoms with Gasteiger partial charge in [-0.1, -0.05) is 54.6 Å². The van der Waals surface area contributed by atoms with Crippen molar-refractivity contribution in [3.05, 3.63) is 95.8 Å². The second-order valence-electron chi connectivity index (χ2n) is 6.69. The third kappa shape index (κ3) is 3.83. The van der Waals surface area contributed by atoms with Crippen molar-refractivity contribution in [3.8, 4) is 0 Å². The van der Waals surface area contributed by atoms with Gasteiger partial charge in [0, 0.05) is 13.1 Å². The van der Waals surface area contributed by atoms with E-state index >= 15 is 0 Å². The van der Waals surface area contributed by atoms with Crippen LogP contribution in [0.25, 0.3) is 11.0 Å². The number of sulfonamides is 1. The Balaban J connectivity index is 1.51. The zero-order chi connectivity index (χ0) is 19.6. The highest BCUT2D eigenvalue weighted by molar-refractivity contribution is 7.89. The van der Waals surface area contributed by atoms with Crippen LogP contribution in [-0.2, 0) is 23.1 Å². The van der Waals surface area contributed by atoms with Crippen LogP contribution in [0.2, 0.25) is 0 Å². The molecule has 0 radical (unpaired) electrons. The molecule has 5 nitrogen and oxygen atoms in total. The first-order chi connectivity index (χ1) is 13.5. The molecule has 0 atom stereocenters. The van der Waals surface area contributed by atoms with Crippen LogP contribution >= 0.6 is 0 Å². The Hall–Kier alpha value is -2.96. The number of imidazole rings is 1. The molecular weight excluding hydrogens is 370 g/mol. The highest BCUT2D eigenvalue weighted by Crippen LogP contribution is 2.18. The maximum Gasteiger partial charge on any atom is 0.240 e. The number of rotatable bonds is 6. The summed E-state index contributed by atoms with van der Waals surface area (Å²) in [6, 6.07) is 24.5. The quantitative estimate of drug-likeness (QED) is 0.543. The summed E-state index contributed by atoms with van der Waals surface area (Å²) < 4.78 is 29.9. The number of hydrogen-bond donors (Lipinski definition) is 1. The molecule has 0 aliphatic carbocycles. The van der Waals surface area contributed by atoms with E-state index in [0.29, 0.717) is 6.54 Å². The molecule has 142 valence electrons. The minimum atomic E-state index is -3.55. The molecule has 0 spiro atoms. The lowest BCUT2D eigenvalue weighted by molar-refractivity contribution is 0.581. The van der Waals surface area contributed by atoms with E-state index in [1.165, 1.54) is 0 Å². The van der Waals surface area contributed by atoms with Crippen molar-refractivity contribution in [2.75, 3.05) is 0 Å². The van der Waals surface area contributed by atoms with Gasteiger partial charge in [0.05, 0.1) is 15.9 Å². The van der Waals surface area contributed by atoms with Gasteiger partial charge in [-0.15, -0.1) is 0 Å². The van der Waals surface area contributed by atoms with Gasteiger partial charge in [0.2, 0.25) is 10.0 Å². The first-order valence-corrected chi connectivity index (χ1v) is 10.6. The van der Waals surface area contributed by atoms with Crippen LogP contribution in [-0.4, -0.2) is 18.0 Å². The molecule has 1 heterocycles. The van der Waals surface area contributed by atoms with E-state index in [1.54, 1.807) is 12.1 Å². The molecule has 0 saturated heterocycles. The van der Waals surface area contributed by atoms with Gasteiger partial charge in [-0.2, -0.15) is 0 Å². The normalized spacial score (nSPS) is 11.8. The highest BCUT2D eigenvalue weighted by Gasteiger charge is 2.14. The van der Waals surface area contributed by atoms with Crippen molar-refractivity contribution in [1.29, 1.82) is 0 Å². The molecule has 1 aromatic heterocycles. The highest BCUT2D eigenvalue weighted by atomic mass is 32.2. The fraction of sp³-hybridized carbons (Fsp3) is 0.136. The maximum absolute atomic E-state index is 12.5. The third-order valence-corrected chi connectivity index (χ3v) is 6.15. The summed E-state index contributed by atoms with van der Waals surface area (Å²) >= 11 is 0. The number of fused-ring (bicyclic) bond motifs is 1. The summed E-state index contributed by atoms with van der Waals surface area (Å²) in [4.78, 5) is 4.84. The molecule has 0 fully saturated rings. The Morgan fingerprint density at radius 1 is 0.857 bits per heavy atom. The van der Waals surface area contributed by atoms with Gasteiger partial charge < -0.3 is 4.57 Å². The van der Waals surface area contributed by atoms with Crippen LogP contribution < -0.4 is 4.72 Å². The lowest BCUT2D eigenvalue weighted by Gasteiger charge is -2.10. The third-order valence-electron chi connectivity index (χ3n) is 4.73. The fourth-order valence-electron chi connectivity index (χ4n) is 3.21. The lowest BCUT2D eigenvalue weighted by atomic mass is 10.2. The molecule has 0 aliphatic rings. The van der Waals surface area contributed by atoms with Crippen LogP contribution in [0.15, 0.2) is 83.8 Å². The average Bonchev–Trinajstić information content (AvgIpc) is 3.03. The SMILES string of the molecule is Cc1nc2ccccc2n1Cc1ccc(S(=O)(=O)NCc2ccccc2)cc1. The molecule has 0 aliphatic heterocycles. The zero-order valence-electron chi connectivity index (χ0n) is 15.5. The first-order valence-electron chi connectivity index (χ1n) is 9.07. The first kappa shape index (κ1) is 18.4. The molecule has 0 unspecified atom stereocenters. The molecule has 3 aromatic carbocycles. The van der Waals surface area contributed by atoms with E-state index in [1.807, 2.05) is 73.7 Å². The van der Waals surface area contributed by atoms with E-state index in [0.717, 1.165) is 28.0 Å². The smallest absolute Gasteiger partial charge is 0.240 e. The van der Waals surface area contributed by atoms with Crippen LogP contribution in [0, 0.1) is 6.92 Å². The summed E-state index contributed by atoms with van der Waals surface area (Å²) in [7, 11) is -3.55. The van der Waals surface area contributed by atoms with Gasteiger partial charge in [0.1, 0.15) is 5.82 Å². The van der Waals surface area contributed by atoms with E-state index < -0.39 is 10.0 Å². The number of benzene rings is 3. The van der Waals surface area contributed by atoms with Gasteiger partial charge >= 0.3 is 0 Å². The standard InChI is InChI=1S/C22H21N3O2S/c1-17-24-21-9-5-6-10-22(21)25(17)16-19-11-13-20(14-12-19)28(26,27)23-15-18-7-3-2-4-8-18/h2-14,23H,15-16H2,1H3. The van der Waals surface area contributed by atoms with Crippen LogP contribution in [0.3, 0.4) is 0 Å². The molecule has 4 aromatic rings. The molecule has 4 rings (SSSR count). The van der Waals surface area contributed by atoms with Crippen molar-refractivity contribution in [2.24, 2.45) is 0 Å². The van der Waals surface area contributed by atoms with Gasteiger partial charge in [-0.3, -0.25) is 0 Å². The lowest BCUT2D eigenvalue weighted by Crippen LogP contribution is -2.23. The topological polar surface area (TPSA) is 64.0 Å². The van der Waals surface area contributed by atoms with Crippen molar-refractivity contribution < 1.29 is 8.42 Å². The fourth-order valence-corrected chi connectivity index (χ4v) is 4.23. The number of aryl methyl sites for hydroxylation is 1. The Morgan fingerprint density at radius 2 is 1.54 bits per heavy atom. The van der Waals surface area contributed by atoms with Gasteiger partial charge in [-0.25, -0.2) is 18.1 Å². The molecule has 0 amide bonds. The summed E-state index contributed by atoms with van der Waals surface area (Å²) in [5.74, 6) is 0.933. The minimum absolute atomic E-state index is 0.263. The Labute approximate surface area is 164 Å². The average molecular weight is 391 g/mol. The Bertz CT molecular complexity index is 1200. The molecule has 0 saturated carbocycles. The molecular formula is C22H21N3O2S. The van der Waals surface area contributed by atoms with E-state index in [4.69, 9.17) is 0 Å². The summed E-state index contributed by atoms with van der Waals surface area (Å²) in [5, 5.41) is 0. The second kappa shape index (κ2) is 7.58. The summed E-state index contributed by atoms with van der Waals surface area (Å²) in [6.45, 7) is 2.89. The largest absolute Gasteiger partial charge is 0.324 e. The van der Waals surface area contributed by atoms with Gasteiger partial charge in [-0.05, 0) is 42.3 Å².